The molecule has 2 aromatic heterocycles. The Kier molecular flexibility index (Phi) is 4.44. The molecule has 9 heteroatoms. The smallest absolute Gasteiger partial charge is 0.329 e. The molecule has 1 aromatic carbocycles. The van der Waals surface area contributed by atoms with E-state index in [9.17, 15) is 14.4 Å². The van der Waals surface area contributed by atoms with Gasteiger partial charge < -0.3 is 9.64 Å². The van der Waals surface area contributed by atoms with Gasteiger partial charge in [-0.05, 0) is 24.6 Å². The van der Waals surface area contributed by atoms with Gasteiger partial charge in [0.15, 0.2) is 0 Å². The Balaban J connectivity index is 1.54. The standard InChI is InChI=1S/C25H19N5O4/c1-2-34-25(33)16-12-14-6-5-7-15-21(26-9-11-30(16)22(14)15)20-19(23(31)28-24(20)32)17-13-27-18-8-3-4-10-29(17)18/h3-11,13,16H,2,12H2,1H3,(H,28,31,32). The summed E-state index contributed by atoms with van der Waals surface area (Å²) in [7, 11) is 0. The monoisotopic (exact) mass is 453 g/mol. The Morgan fingerprint density at radius 1 is 1.15 bits per heavy atom. The van der Waals surface area contributed by atoms with Gasteiger partial charge in [0.05, 0.1) is 41.0 Å². The Morgan fingerprint density at radius 2 is 2.00 bits per heavy atom. The second-order valence-electron chi connectivity index (χ2n) is 8.07. The second-order valence-corrected chi connectivity index (χ2v) is 8.07. The summed E-state index contributed by atoms with van der Waals surface area (Å²) in [5.41, 5.74) is 4.30. The fourth-order valence-corrected chi connectivity index (χ4v) is 4.82. The van der Waals surface area contributed by atoms with Gasteiger partial charge >= 0.3 is 5.97 Å². The Morgan fingerprint density at radius 3 is 2.85 bits per heavy atom. The Hall–Kier alpha value is -4.53. The van der Waals surface area contributed by atoms with Crippen LogP contribution in [-0.4, -0.2) is 45.5 Å². The molecule has 34 heavy (non-hydrogen) atoms. The van der Waals surface area contributed by atoms with Crippen LogP contribution in [0, 0.1) is 0 Å². The molecule has 3 aliphatic rings. The van der Waals surface area contributed by atoms with Gasteiger partial charge in [-0.3, -0.25) is 24.3 Å². The average Bonchev–Trinajstić information content (AvgIpc) is 3.45. The van der Waals surface area contributed by atoms with Crippen LogP contribution in [0.15, 0.2) is 71.8 Å². The lowest BCUT2D eigenvalue weighted by Gasteiger charge is -2.22. The number of imidazole rings is 1. The van der Waals surface area contributed by atoms with E-state index in [-0.39, 0.29) is 23.7 Å². The number of esters is 1. The number of amides is 2. The fourth-order valence-electron chi connectivity index (χ4n) is 4.82. The maximum atomic E-state index is 13.1. The van der Waals surface area contributed by atoms with E-state index in [1.54, 1.807) is 36.1 Å². The molecule has 0 saturated heterocycles. The number of nitrogens with one attached hydrogen (secondary N) is 1. The van der Waals surface area contributed by atoms with Crippen molar-refractivity contribution in [1.29, 1.82) is 0 Å². The SMILES string of the molecule is CCOC(=O)C1Cc2cccc3c2N1C=CN=C3C1=C(c2cnc3ccccn23)C(=O)NC1=O. The summed E-state index contributed by atoms with van der Waals surface area (Å²) < 4.78 is 7.04. The van der Waals surface area contributed by atoms with E-state index >= 15 is 0 Å². The van der Waals surface area contributed by atoms with Crippen LogP contribution < -0.4 is 10.2 Å². The van der Waals surface area contributed by atoms with Crippen LogP contribution in [0.4, 0.5) is 5.69 Å². The van der Waals surface area contributed by atoms with Crippen molar-refractivity contribution < 1.29 is 19.1 Å². The second kappa shape index (κ2) is 7.51. The molecule has 3 aromatic rings. The third-order valence-corrected chi connectivity index (χ3v) is 6.21. The predicted molar refractivity (Wildman–Crippen MR) is 124 cm³/mol. The molecule has 0 fully saturated rings. The summed E-state index contributed by atoms with van der Waals surface area (Å²) in [6, 6.07) is 10.6. The molecular weight excluding hydrogens is 434 g/mol. The lowest BCUT2D eigenvalue weighted by Crippen LogP contribution is -2.36. The van der Waals surface area contributed by atoms with Crippen molar-refractivity contribution in [3.05, 3.63) is 83.6 Å². The van der Waals surface area contributed by atoms with Crippen molar-refractivity contribution in [2.45, 2.75) is 19.4 Å². The number of carbonyl (C=O) groups excluding carboxylic acids is 3. The van der Waals surface area contributed by atoms with Crippen LogP contribution in [0.25, 0.3) is 11.2 Å². The maximum Gasteiger partial charge on any atom is 0.329 e. The number of aliphatic imine (C=N–C) groups is 1. The number of hydrogen-bond donors (Lipinski definition) is 1. The van der Waals surface area contributed by atoms with Gasteiger partial charge in [0.25, 0.3) is 11.8 Å². The molecule has 6 rings (SSSR count). The minimum Gasteiger partial charge on any atom is -0.464 e. The summed E-state index contributed by atoms with van der Waals surface area (Å²) >= 11 is 0. The number of rotatable bonds is 4. The number of ether oxygens (including phenoxy) is 1. The van der Waals surface area contributed by atoms with E-state index < -0.39 is 17.9 Å². The van der Waals surface area contributed by atoms with Crippen LogP contribution in [0.2, 0.25) is 0 Å². The minimum atomic E-state index is -0.524. The zero-order valence-corrected chi connectivity index (χ0v) is 18.2. The first-order valence-corrected chi connectivity index (χ1v) is 10.9. The van der Waals surface area contributed by atoms with Crippen molar-refractivity contribution >= 4 is 40.4 Å². The van der Waals surface area contributed by atoms with Gasteiger partial charge in [-0.15, -0.1) is 0 Å². The van der Waals surface area contributed by atoms with Crippen LogP contribution in [0.1, 0.15) is 23.7 Å². The normalized spacial score (nSPS) is 18.8. The minimum absolute atomic E-state index is 0.176. The van der Waals surface area contributed by atoms with Gasteiger partial charge in [-0.2, -0.15) is 0 Å². The zero-order valence-electron chi connectivity index (χ0n) is 18.2. The van der Waals surface area contributed by atoms with Crippen molar-refractivity contribution in [2.75, 3.05) is 11.5 Å². The number of anilines is 1. The highest BCUT2D eigenvalue weighted by molar-refractivity contribution is 6.47. The molecule has 0 bridgehead atoms. The van der Waals surface area contributed by atoms with Crippen molar-refractivity contribution in [3.8, 4) is 0 Å². The lowest BCUT2D eigenvalue weighted by atomic mass is 9.94. The lowest BCUT2D eigenvalue weighted by molar-refractivity contribution is -0.144. The average molecular weight is 453 g/mol. The van der Waals surface area contributed by atoms with Gasteiger partial charge in [-0.25, -0.2) is 9.78 Å². The van der Waals surface area contributed by atoms with Crippen LogP contribution in [-0.2, 0) is 25.5 Å². The van der Waals surface area contributed by atoms with Crippen molar-refractivity contribution in [2.24, 2.45) is 4.99 Å². The molecule has 1 unspecified atom stereocenters. The molecular formula is C25H19N5O4. The fraction of sp³-hybridized carbons (Fsp3) is 0.160. The molecule has 1 atom stereocenters. The molecule has 1 N–H and O–H groups in total. The van der Waals surface area contributed by atoms with E-state index in [0.717, 1.165) is 11.3 Å². The summed E-state index contributed by atoms with van der Waals surface area (Å²) in [4.78, 5) is 49.5. The van der Waals surface area contributed by atoms with Crippen molar-refractivity contribution in [3.63, 3.8) is 0 Å². The number of fused-ring (bicyclic) bond motifs is 1. The topological polar surface area (TPSA) is 105 Å². The number of hydrogen-bond acceptors (Lipinski definition) is 7. The first kappa shape index (κ1) is 20.1. The molecule has 3 aliphatic heterocycles. The Bertz CT molecular complexity index is 1500. The number of benzene rings is 1. The van der Waals surface area contributed by atoms with E-state index in [0.29, 0.717) is 29.0 Å². The third-order valence-electron chi connectivity index (χ3n) is 6.21. The van der Waals surface area contributed by atoms with Crippen LogP contribution in [0.5, 0.6) is 0 Å². The van der Waals surface area contributed by atoms with Gasteiger partial charge in [0, 0.05) is 30.6 Å². The van der Waals surface area contributed by atoms with Crippen molar-refractivity contribution in [1.82, 2.24) is 14.7 Å². The highest BCUT2D eigenvalue weighted by Crippen LogP contribution is 2.40. The third kappa shape index (κ3) is 2.83. The molecule has 9 nitrogen and oxygen atoms in total. The number of carbonyl (C=O) groups is 3. The van der Waals surface area contributed by atoms with Crippen LogP contribution in [0.3, 0.4) is 0 Å². The van der Waals surface area contributed by atoms with Gasteiger partial charge in [0.1, 0.15) is 11.7 Å². The van der Waals surface area contributed by atoms with E-state index in [2.05, 4.69) is 15.3 Å². The molecule has 0 aliphatic carbocycles. The molecule has 0 spiro atoms. The van der Waals surface area contributed by atoms with E-state index in [1.807, 2.05) is 41.3 Å². The maximum absolute atomic E-state index is 13.1. The summed E-state index contributed by atoms with van der Waals surface area (Å²) in [5, 5.41) is 2.42. The first-order chi connectivity index (χ1) is 16.6. The number of para-hydroxylation sites is 1. The number of pyridine rings is 1. The molecule has 0 saturated carbocycles. The molecule has 2 amide bonds. The Labute approximate surface area is 194 Å². The quantitative estimate of drug-likeness (QED) is 0.479. The molecule has 168 valence electrons. The zero-order chi connectivity index (χ0) is 23.4. The summed E-state index contributed by atoms with van der Waals surface area (Å²) in [5.74, 6) is -1.35. The van der Waals surface area contributed by atoms with E-state index in [4.69, 9.17) is 4.74 Å². The summed E-state index contributed by atoms with van der Waals surface area (Å²) in [6.45, 7) is 2.06. The highest BCUT2D eigenvalue weighted by Gasteiger charge is 2.41. The van der Waals surface area contributed by atoms with Gasteiger partial charge in [0.2, 0.25) is 0 Å². The highest BCUT2D eigenvalue weighted by atomic mass is 16.5. The number of aromatic nitrogens is 2. The predicted octanol–water partition coefficient (Wildman–Crippen LogP) is 2.01. The number of imide groups is 1. The largest absolute Gasteiger partial charge is 0.464 e. The van der Waals surface area contributed by atoms with Gasteiger partial charge in [-0.1, -0.05) is 24.3 Å². The molecule has 5 heterocycles. The number of nitrogens with zero attached hydrogens (tertiary/aromatic N) is 4. The molecule has 0 radical (unpaired) electrons. The summed E-state index contributed by atoms with van der Waals surface area (Å²) in [6.07, 6.45) is 7.11. The van der Waals surface area contributed by atoms with Crippen LogP contribution >= 0.6 is 0 Å². The first-order valence-electron chi connectivity index (χ1n) is 10.9. The van der Waals surface area contributed by atoms with E-state index in [1.165, 1.54) is 0 Å².